The van der Waals surface area contributed by atoms with Crippen LogP contribution in [-0.4, -0.2) is 72.7 Å². The Balaban J connectivity index is 0.0000000830. The smallest absolute Gasteiger partial charge is 0.297 e. The van der Waals surface area contributed by atoms with Gasteiger partial charge < -0.3 is 13.6 Å². The second-order valence-electron chi connectivity index (χ2n) is 25.7. The highest BCUT2D eigenvalue weighted by atomic mass is 32.1. The van der Waals surface area contributed by atoms with Gasteiger partial charge in [0.2, 0.25) is 5.71 Å². The third kappa shape index (κ3) is 8.64. The third-order valence-electron chi connectivity index (χ3n) is 20.1. The molecular weight excluding hydrogens is 1360 g/mol. The summed E-state index contributed by atoms with van der Waals surface area (Å²) in [6, 6.07) is 41.1. The molecule has 0 atom stereocenters. The van der Waals surface area contributed by atoms with Gasteiger partial charge in [-0.3, -0.25) is 34.1 Å². The van der Waals surface area contributed by atoms with E-state index in [4.69, 9.17) is 8.53 Å². The summed E-state index contributed by atoms with van der Waals surface area (Å²) in [6.07, 6.45) is 32.1. The van der Waals surface area contributed by atoms with Crippen molar-refractivity contribution in [1.82, 2.24) is 72.7 Å². The highest BCUT2D eigenvalue weighted by Crippen LogP contribution is 2.44. The van der Waals surface area contributed by atoms with Crippen LogP contribution >= 0.6 is 45.3 Å². The summed E-state index contributed by atoms with van der Waals surface area (Å²) in [5, 5.41) is 13.7. The topological polar surface area (TPSA) is 186 Å². The summed E-state index contributed by atoms with van der Waals surface area (Å²) in [5.41, 5.74) is 25.1. The van der Waals surface area contributed by atoms with Gasteiger partial charge in [0.25, 0.3) is 52.6 Å². The van der Waals surface area contributed by atoms with Gasteiger partial charge in [0.1, 0.15) is 22.9 Å². The molecule has 0 saturated carbocycles. The number of aromatic nitrogens is 20. The Morgan fingerprint density at radius 3 is 1.50 bits per heavy atom. The summed E-state index contributed by atoms with van der Waals surface area (Å²) in [6.45, 7) is 2.10. The zero-order valence-corrected chi connectivity index (χ0v) is 57.6. The number of para-hydroxylation sites is 1. The Bertz CT molecular complexity index is 7250. The van der Waals surface area contributed by atoms with Gasteiger partial charge in [-0.25, -0.2) is 24.3 Å². The van der Waals surface area contributed by atoms with Crippen LogP contribution in [0.4, 0.5) is 0 Å². The molecule has 0 bridgehead atoms. The summed E-state index contributed by atoms with van der Waals surface area (Å²) >= 11 is 6.81. The van der Waals surface area contributed by atoms with Crippen molar-refractivity contribution >= 4 is 142 Å². The van der Waals surface area contributed by atoms with E-state index < -0.39 is 6.98 Å². The number of nitrogens with zero attached hydrogens (tertiary/aromatic N) is 20. The monoisotopic (exact) mass is 1420 g/mol. The zero-order valence-electron chi connectivity index (χ0n) is 57.4. The highest BCUT2D eigenvalue weighted by molar-refractivity contribution is 7.22. The lowest BCUT2D eigenvalue weighted by molar-refractivity contribution is -0.641. The number of rotatable bonds is 1. The Morgan fingerprint density at radius 1 is 0.437 bits per heavy atom. The second kappa shape index (κ2) is 22.5. The minimum Gasteiger partial charge on any atom is -0.420 e. The summed E-state index contributed by atoms with van der Waals surface area (Å²) in [5.74, 6) is 0. The lowest BCUT2D eigenvalue weighted by Crippen LogP contribution is -2.30. The molecule has 5 aliphatic rings. The number of imidazole rings is 2. The van der Waals surface area contributed by atoms with Crippen LogP contribution in [0.2, 0.25) is 0 Å². The van der Waals surface area contributed by atoms with E-state index in [9.17, 15) is 0 Å². The fraction of sp³-hybridized carbons (Fsp3) is 0.0897. The number of fused-ring (bicyclic) bond motifs is 35. The molecule has 0 N–H and O–H groups in total. The second-order valence-corrected chi connectivity index (χ2v) is 29.6. The molecule has 0 radical (unpaired) electrons. The van der Waals surface area contributed by atoms with E-state index >= 15 is 0 Å². The first-order valence-electron chi connectivity index (χ1n) is 34.8. The van der Waals surface area contributed by atoms with Crippen LogP contribution in [-0.2, 0) is 46.7 Å². The van der Waals surface area contributed by atoms with E-state index in [1.165, 1.54) is 118 Å². The van der Waals surface area contributed by atoms with Crippen molar-refractivity contribution in [2.75, 3.05) is 0 Å². The van der Waals surface area contributed by atoms with E-state index in [-0.39, 0.29) is 0 Å². The van der Waals surface area contributed by atoms with Crippen LogP contribution in [0.25, 0.3) is 156 Å². The normalized spacial score (nSPS) is 13.5. The van der Waals surface area contributed by atoms with E-state index in [0.717, 1.165) is 103 Å². The lowest BCUT2D eigenvalue weighted by atomic mass is 10.1. The average Bonchev–Trinajstić information content (AvgIpc) is 1.63. The van der Waals surface area contributed by atoms with Gasteiger partial charge in [0.15, 0.2) is 63.9 Å². The van der Waals surface area contributed by atoms with Gasteiger partial charge in [-0.2, -0.15) is 18.3 Å². The minimum absolute atomic E-state index is 0.512. The quantitative estimate of drug-likeness (QED) is 0.142. The van der Waals surface area contributed by atoms with Gasteiger partial charge in [-0.05, 0) is 148 Å². The predicted molar refractivity (Wildman–Crippen MR) is 397 cm³/mol. The number of hydrogen-bond acceptors (Lipinski definition) is 15. The Kier molecular flexibility index (Phi) is 12.1. The first kappa shape index (κ1) is 55.3. The summed E-state index contributed by atoms with van der Waals surface area (Å²) in [4.78, 5) is 43.3. The van der Waals surface area contributed by atoms with Crippen molar-refractivity contribution in [2.24, 2.45) is 14.0 Å². The molecule has 25 heteroatoms. The van der Waals surface area contributed by atoms with Gasteiger partial charge >= 0.3 is 0 Å². The van der Waals surface area contributed by atoms with Crippen LogP contribution in [0.15, 0.2) is 231 Å². The predicted octanol–water partition coefficient (Wildman–Crippen LogP) is 13.0. The molecule has 0 aliphatic carbocycles. The molecule has 490 valence electrons. The van der Waals surface area contributed by atoms with Crippen molar-refractivity contribution in [3.05, 3.63) is 255 Å². The molecule has 0 spiro atoms. The van der Waals surface area contributed by atoms with Gasteiger partial charge in [0, 0.05) is 144 Å². The number of aryl methyl sites for hydroxylation is 2. The zero-order chi connectivity index (χ0) is 70.2. The maximum Gasteiger partial charge on any atom is 0.297 e. The molecule has 0 amide bonds. The fourth-order valence-electron chi connectivity index (χ4n) is 15.6. The molecule has 1 aromatic carbocycles. The largest absolute Gasteiger partial charge is 0.420 e. The molecular formula is C78H53N20OS4+5. The molecule has 20 aromatic heterocycles. The van der Waals surface area contributed by atoms with Crippen LogP contribution < -0.4 is 22.7 Å². The molecule has 0 fully saturated rings. The molecule has 0 unspecified atom stereocenters. The average molecular weight is 1420 g/mol. The summed E-state index contributed by atoms with van der Waals surface area (Å²) < 4.78 is 51.0. The SMILES string of the molecule is Cn1c2ncccc2c2c1sc1[n+]2Cc2ccncc2-1.[2H]C([2H])([2H])n1c2ncccc2c2c1sc1[n+]2Cc2ccncc2-1.c1ccc(-n2c3ncccc3c3c2sc2[n+]3Cc3ccncc3-2)cc1.c1cnc2oc3sc4[n+](c3c2c1)Cc1ccncc1-4.c1cnn2c(c1)c[n+]1cn3c(c21)-c1cnccc1C3. The molecule has 5 aliphatic heterocycles. The van der Waals surface area contributed by atoms with Gasteiger partial charge in [-0.1, -0.05) is 18.2 Å². The third-order valence-corrected chi connectivity index (χ3v) is 24.9. The van der Waals surface area contributed by atoms with Crippen LogP contribution in [0.5, 0.6) is 0 Å². The van der Waals surface area contributed by atoms with E-state index in [2.05, 4.69) is 179 Å². The molecule has 103 heavy (non-hydrogen) atoms. The van der Waals surface area contributed by atoms with Crippen molar-refractivity contribution < 1.29 is 31.2 Å². The molecule has 21 nitrogen and oxygen atoms in total. The molecule has 21 aromatic rings. The highest BCUT2D eigenvalue weighted by Gasteiger charge is 2.40. The first-order valence-corrected chi connectivity index (χ1v) is 36.6. The maximum absolute atomic E-state index is 7.89. The van der Waals surface area contributed by atoms with Crippen molar-refractivity contribution in [1.29, 1.82) is 0 Å². The molecule has 25 heterocycles. The van der Waals surface area contributed by atoms with Gasteiger partial charge in [0.05, 0.1) is 51.2 Å². The Hall–Kier alpha value is -12.6. The number of benzene rings is 1. The van der Waals surface area contributed by atoms with Crippen LogP contribution in [0.3, 0.4) is 0 Å². The minimum atomic E-state index is -2.26. The van der Waals surface area contributed by atoms with Crippen LogP contribution in [0.1, 0.15) is 31.9 Å². The lowest BCUT2D eigenvalue weighted by Gasteiger charge is -2.03. The Morgan fingerprint density at radius 2 is 0.913 bits per heavy atom. The number of pyridine rings is 9. The van der Waals surface area contributed by atoms with Crippen LogP contribution in [0, 0.1) is 0 Å². The first-order chi connectivity index (χ1) is 52.1. The van der Waals surface area contributed by atoms with Crippen molar-refractivity contribution in [3.8, 4) is 59.2 Å². The fourth-order valence-corrected chi connectivity index (χ4v) is 20.6. The maximum atomic E-state index is 7.89. The number of hydrogen-bond donors (Lipinski definition) is 0. The molecule has 0 saturated heterocycles. The number of furan rings is 1. The van der Waals surface area contributed by atoms with Gasteiger partial charge in [-0.15, -0.1) is 9.61 Å². The van der Waals surface area contributed by atoms with E-state index in [1.807, 2.05) is 150 Å². The number of thiazole rings is 4. The Labute approximate surface area is 602 Å². The van der Waals surface area contributed by atoms with Crippen molar-refractivity contribution in [2.45, 2.75) is 32.7 Å². The summed E-state index contributed by atoms with van der Waals surface area (Å²) in [7, 11) is 2.09. The van der Waals surface area contributed by atoms with E-state index in [0.29, 0.717) is 11.4 Å². The van der Waals surface area contributed by atoms with E-state index in [1.54, 1.807) is 29.9 Å². The molecule has 26 rings (SSSR count). The van der Waals surface area contributed by atoms with Crippen molar-refractivity contribution in [3.63, 3.8) is 0 Å². The standard InChI is InChI=1S/C20H13N4S.2C15H11N4S.C14H10N5.C14H8N3OS/c1-2-5-14(6-3-1)24-18-15(7-4-9-22-18)17-20(24)25-19-16-11-21-10-8-13(16)12-23(17)19;2*1-18-13-10(3-2-5-17-13)12-15(18)20-14-11-7-16-6-4-9(11)8-19(12)14;1-2-11-8-18-9-17-7-10-3-5-15-6-12(10)13(17)14(18)19(11)16-4-1;1-2-9-11-14(18-12(9)16-4-1)19-13-10-6-15-5-3-8(10)7-17(11)13/h1-11H,12H2;2*2-7H,8H2,1H3;1-6,8-9H,7H2;1-6H,7H2/q5*+1/i;1D3;;;.